The lowest BCUT2D eigenvalue weighted by atomic mass is 10.2. The summed E-state index contributed by atoms with van der Waals surface area (Å²) >= 11 is 6.02. The van der Waals surface area contributed by atoms with Gasteiger partial charge in [-0.05, 0) is 19.9 Å². The first-order valence-corrected chi connectivity index (χ1v) is 7.44. The first-order valence-electron chi connectivity index (χ1n) is 7.06. The van der Waals surface area contributed by atoms with E-state index in [1.807, 2.05) is 49.7 Å². The van der Waals surface area contributed by atoms with Crippen molar-refractivity contribution in [3.8, 4) is 0 Å². The Hall–Kier alpha value is -1.95. The fourth-order valence-electron chi connectivity index (χ4n) is 2.35. The van der Waals surface area contributed by atoms with Crippen LogP contribution in [0.25, 0.3) is 0 Å². The van der Waals surface area contributed by atoms with Gasteiger partial charge in [0.15, 0.2) is 5.96 Å². The van der Waals surface area contributed by atoms with Crippen molar-refractivity contribution in [2.45, 2.75) is 26.9 Å². The first kappa shape index (κ1) is 16.4. The van der Waals surface area contributed by atoms with Crippen LogP contribution in [0.15, 0.2) is 21.8 Å². The van der Waals surface area contributed by atoms with Gasteiger partial charge in [0.05, 0.1) is 17.3 Å². The van der Waals surface area contributed by atoms with E-state index in [4.69, 9.17) is 16.1 Å². The van der Waals surface area contributed by atoms with Gasteiger partial charge < -0.3 is 19.3 Å². The highest BCUT2D eigenvalue weighted by molar-refractivity contribution is 6.30. The Labute approximate surface area is 135 Å². The van der Waals surface area contributed by atoms with Crippen LogP contribution in [-0.4, -0.2) is 34.7 Å². The Morgan fingerprint density at radius 2 is 2.23 bits per heavy atom. The van der Waals surface area contributed by atoms with Crippen molar-refractivity contribution in [3.05, 3.63) is 40.0 Å². The largest absolute Gasteiger partial charge is 0.361 e. The normalized spacial score (nSPS) is 11.8. The Balaban J connectivity index is 2.01. The second-order valence-corrected chi connectivity index (χ2v) is 5.76. The number of aryl methyl sites for hydroxylation is 3. The molecule has 0 amide bonds. The summed E-state index contributed by atoms with van der Waals surface area (Å²) < 4.78 is 7.19. The lowest BCUT2D eigenvalue weighted by Gasteiger charge is -2.22. The van der Waals surface area contributed by atoms with Crippen LogP contribution < -0.4 is 5.32 Å². The van der Waals surface area contributed by atoms with E-state index in [-0.39, 0.29) is 0 Å². The van der Waals surface area contributed by atoms with E-state index >= 15 is 0 Å². The molecule has 2 aromatic rings. The third-order valence-electron chi connectivity index (χ3n) is 3.65. The highest BCUT2D eigenvalue weighted by Crippen LogP contribution is 2.15. The number of halogens is 1. The molecule has 0 radical (unpaired) electrons. The van der Waals surface area contributed by atoms with Gasteiger partial charge in [-0.3, -0.25) is 4.99 Å². The summed E-state index contributed by atoms with van der Waals surface area (Å²) in [6.07, 6.45) is 1.89. The first-order chi connectivity index (χ1) is 10.4. The molecule has 2 heterocycles. The Kier molecular flexibility index (Phi) is 5.13. The molecular weight excluding hydrogens is 302 g/mol. The van der Waals surface area contributed by atoms with Crippen LogP contribution >= 0.6 is 11.6 Å². The average Bonchev–Trinajstić information content (AvgIpc) is 2.94. The van der Waals surface area contributed by atoms with Gasteiger partial charge in [-0.15, -0.1) is 0 Å². The van der Waals surface area contributed by atoms with E-state index in [9.17, 15) is 0 Å². The van der Waals surface area contributed by atoms with Gasteiger partial charge in [0.2, 0.25) is 0 Å². The van der Waals surface area contributed by atoms with Crippen molar-refractivity contribution in [3.63, 3.8) is 0 Å². The van der Waals surface area contributed by atoms with Gasteiger partial charge in [-0.1, -0.05) is 16.8 Å². The van der Waals surface area contributed by atoms with Gasteiger partial charge in [0.1, 0.15) is 5.76 Å². The molecule has 0 aliphatic rings. The maximum Gasteiger partial charge on any atom is 0.194 e. The average molecular weight is 324 g/mol. The molecule has 22 heavy (non-hydrogen) atoms. The van der Waals surface area contributed by atoms with Crippen molar-refractivity contribution in [2.75, 3.05) is 14.1 Å². The molecule has 6 nitrogen and oxygen atoms in total. The number of nitrogens with zero attached hydrogens (tertiary/aromatic N) is 4. The number of aromatic nitrogens is 2. The second-order valence-electron chi connectivity index (χ2n) is 5.32. The van der Waals surface area contributed by atoms with Gasteiger partial charge >= 0.3 is 0 Å². The molecule has 2 rings (SSSR count). The molecular formula is C15H22ClN5O. The molecule has 0 spiro atoms. The minimum absolute atomic E-state index is 0.631. The van der Waals surface area contributed by atoms with Crippen molar-refractivity contribution in [1.29, 1.82) is 0 Å². The van der Waals surface area contributed by atoms with Crippen LogP contribution in [0.4, 0.5) is 0 Å². The predicted octanol–water partition coefficient (Wildman–Crippen LogP) is 2.49. The number of hydrogen-bond acceptors (Lipinski definition) is 3. The zero-order valence-corrected chi connectivity index (χ0v) is 14.4. The predicted molar refractivity (Wildman–Crippen MR) is 88.1 cm³/mol. The highest BCUT2D eigenvalue weighted by Gasteiger charge is 2.13. The molecule has 0 saturated carbocycles. The summed E-state index contributed by atoms with van der Waals surface area (Å²) in [6, 6.07) is 1.96. The summed E-state index contributed by atoms with van der Waals surface area (Å²) in [5.41, 5.74) is 3.08. The molecule has 0 aromatic carbocycles. The minimum Gasteiger partial charge on any atom is -0.361 e. The maximum absolute atomic E-state index is 6.02. The van der Waals surface area contributed by atoms with Crippen LogP contribution in [0.5, 0.6) is 0 Å². The lowest BCUT2D eigenvalue weighted by Crippen LogP contribution is -2.38. The molecule has 120 valence electrons. The molecule has 0 fully saturated rings. The molecule has 0 atom stereocenters. The van der Waals surface area contributed by atoms with E-state index in [2.05, 4.69) is 15.5 Å². The summed E-state index contributed by atoms with van der Waals surface area (Å²) in [7, 11) is 5.74. The number of rotatable bonds is 4. The van der Waals surface area contributed by atoms with E-state index in [0.717, 1.165) is 33.7 Å². The minimum atomic E-state index is 0.631. The Morgan fingerprint density at radius 3 is 2.73 bits per heavy atom. The van der Waals surface area contributed by atoms with Crippen molar-refractivity contribution in [2.24, 2.45) is 12.0 Å². The molecule has 0 aliphatic heterocycles. The van der Waals surface area contributed by atoms with E-state index in [0.29, 0.717) is 13.1 Å². The van der Waals surface area contributed by atoms with Gasteiger partial charge in [-0.25, -0.2) is 0 Å². The third-order valence-corrected chi connectivity index (χ3v) is 3.86. The Morgan fingerprint density at radius 1 is 1.50 bits per heavy atom. The standard InChI is InChI=1S/C15H22ClN5O/c1-10-14(11(2)22-19-10)7-18-15(17-3)21(5)9-13-6-12(16)8-20(13)4/h6,8H,7,9H2,1-5H3,(H,17,18). The summed E-state index contributed by atoms with van der Waals surface area (Å²) in [5, 5.41) is 8.03. The summed E-state index contributed by atoms with van der Waals surface area (Å²) in [6.45, 7) is 5.19. The monoisotopic (exact) mass is 323 g/mol. The summed E-state index contributed by atoms with van der Waals surface area (Å²) in [5.74, 6) is 1.63. The number of nitrogens with one attached hydrogen (secondary N) is 1. The number of aliphatic imine (C=N–C) groups is 1. The molecule has 2 aromatic heterocycles. The molecule has 1 N–H and O–H groups in total. The van der Waals surface area contributed by atoms with Crippen molar-refractivity contribution >= 4 is 17.6 Å². The highest BCUT2D eigenvalue weighted by atomic mass is 35.5. The fraction of sp³-hybridized carbons (Fsp3) is 0.467. The van der Waals surface area contributed by atoms with Gasteiger partial charge in [-0.2, -0.15) is 0 Å². The van der Waals surface area contributed by atoms with Gasteiger partial charge in [0, 0.05) is 45.1 Å². The second kappa shape index (κ2) is 6.87. The maximum atomic E-state index is 6.02. The molecule has 0 saturated heterocycles. The van der Waals surface area contributed by atoms with Crippen LogP contribution in [-0.2, 0) is 20.1 Å². The molecule has 0 aliphatic carbocycles. The Bertz CT molecular complexity index is 654. The van der Waals surface area contributed by atoms with Crippen LogP contribution in [0.1, 0.15) is 22.7 Å². The van der Waals surface area contributed by atoms with Gasteiger partial charge in [0.25, 0.3) is 0 Å². The zero-order valence-electron chi connectivity index (χ0n) is 13.6. The SMILES string of the molecule is CN=C(NCc1c(C)noc1C)N(C)Cc1cc(Cl)cn1C. The zero-order chi connectivity index (χ0) is 16.3. The van der Waals surface area contributed by atoms with E-state index in [1.165, 1.54) is 0 Å². The molecule has 0 unspecified atom stereocenters. The quantitative estimate of drug-likeness (QED) is 0.693. The number of hydrogen-bond donors (Lipinski definition) is 1. The van der Waals surface area contributed by atoms with Crippen LogP contribution in [0, 0.1) is 13.8 Å². The van der Waals surface area contributed by atoms with Crippen LogP contribution in [0.3, 0.4) is 0 Å². The van der Waals surface area contributed by atoms with E-state index in [1.54, 1.807) is 7.05 Å². The molecule has 0 bridgehead atoms. The molecule has 7 heteroatoms. The fourth-order valence-corrected chi connectivity index (χ4v) is 2.62. The smallest absolute Gasteiger partial charge is 0.194 e. The lowest BCUT2D eigenvalue weighted by molar-refractivity contribution is 0.392. The third kappa shape index (κ3) is 3.62. The number of guanidine groups is 1. The van der Waals surface area contributed by atoms with Crippen LogP contribution in [0.2, 0.25) is 5.02 Å². The van der Waals surface area contributed by atoms with Crippen molar-refractivity contribution in [1.82, 2.24) is 19.9 Å². The van der Waals surface area contributed by atoms with Crippen molar-refractivity contribution < 1.29 is 4.52 Å². The van der Waals surface area contributed by atoms with E-state index < -0.39 is 0 Å². The summed E-state index contributed by atoms with van der Waals surface area (Å²) in [4.78, 5) is 6.36. The topological polar surface area (TPSA) is 58.6 Å².